The molecule has 0 aromatic carbocycles. The molecular formula is C14H22N2. The first-order valence-electron chi connectivity index (χ1n) is 5.98. The third-order valence-electron chi connectivity index (χ3n) is 2.54. The van der Waals surface area contributed by atoms with E-state index in [1.807, 2.05) is 6.20 Å². The topological polar surface area (TPSA) is 27.8 Å². The van der Waals surface area contributed by atoms with E-state index in [2.05, 4.69) is 49.8 Å². The molecule has 0 aliphatic rings. The van der Waals surface area contributed by atoms with Gasteiger partial charge in [0, 0.05) is 17.5 Å². The minimum atomic E-state index is 1.01. The highest BCUT2D eigenvalue weighted by molar-refractivity contribution is 5.74. The van der Waals surface area contributed by atoms with E-state index in [4.69, 9.17) is 0 Å². The highest BCUT2D eigenvalue weighted by atomic mass is 15.0. The van der Waals surface area contributed by atoms with Crippen molar-refractivity contribution in [2.75, 3.05) is 5.32 Å². The summed E-state index contributed by atoms with van der Waals surface area (Å²) in [6.07, 6.45) is 7.38. The number of hydrogen-bond donors (Lipinski definition) is 2. The molecule has 0 bridgehead atoms. The summed E-state index contributed by atoms with van der Waals surface area (Å²) in [4.78, 5) is 3.22. The van der Waals surface area contributed by atoms with E-state index in [1.54, 1.807) is 0 Å². The summed E-state index contributed by atoms with van der Waals surface area (Å²) in [6, 6.07) is 2.10. The van der Waals surface area contributed by atoms with Crippen LogP contribution in [0.1, 0.15) is 45.6 Å². The number of H-pyrrole nitrogens is 1. The number of allylic oxidation sites excluding steroid dienone is 3. The lowest BCUT2D eigenvalue weighted by atomic mass is 10.1. The smallest absolute Gasteiger partial charge is 0.115 e. The Kier molecular flexibility index (Phi) is 4.90. The number of rotatable bonds is 6. The maximum atomic E-state index is 4.02. The van der Waals surface area contributed by atoms with Gasteiger partial charge in [-0.25, -0.2) is 0 Å². The molecule has 0 spiro atoms. The number of aromatic nitrogens is 1. The van der Waals surface area contributed by atoms with Gasteiger partial charge >= 0.3 is 0 Å². The van der Waals surface area contributed by atoms with E-state index in [-0.39, 0.29) is 0 Å². The normalized spacial score (nSPS) is 11.6. The van der Waals surface area contributed by atoms with Gasteiger partial charge in [0.2, 0.25) is 0 Å². The summed E-state index contributed by atoms with van der Waals surface area (Å²) in [6.45, 7) is 10.5. The molecule has 0 unspecified atom stereocenters. The maximum absolute atomic E-state index is 4.02. The molecule has 0 radical (unpaired) electrons. The van der Waals surface area contributed by atoms with Crippen LogP contribution in [-0.2, 0) is 0 Å². The monoisotopic (exact) mass is 218 g/mol. The SMILES string of the molecule is C=C(CCC)Nc1[nH]ccc1/C(C)=C/CC. The number of aromatic amines is 1. The van der Waals surface area contributed by atoms with Crippen LogP contribution in [0.4, 0.5) is 5.82 Å². The van der Waals surface area contributed by atoms with Gasteiger partial charge in [0.15, 0.2) is 0 Å². The molecule has 88 valence electrons. The summed E-state index contributed by atoms with van der Waals surface area (Å²) < 4.78 is 0. The number of anilines is 1. The van der Waals surface area contributed by atoms with Crippen LogP contribution in [0.2, 0.25) is 0 Å². The molecule has 0 aliphatic carbocycles. The molecule has 0 fully saturated rings. The van der Waals surface area contributed by atoms with Crippen LogP contribution in [-0.4, -0.2) is 4.98 Å². The van der Waals surface area contributed by atoms with E-state index in [0.29, 0.717) is 0 Å². The summed E-state index contributed by atoms with van der Waals surface area (Å²) in [5, 5.41) is 3.34. The second-order valence-corrected chi connectivity index (χ2v) is 4.04. The van der Waals surface area contributed by atoms with Crippen LogP contribution in [0.5, 0.6) is 0 Å². The van der Waals surface area contributed by atoms with E-state index >= 15 is 0 Å². The quantitative estimate of drug-likeness (QED) is 0.720. The van der Waals surface area contributed by atoms with Crippen LogP contribution in [0.25, 0.3) is 5.57 Å². The second-order valence-electron chi connectivity index (χ2n) is 4.04. The van der Waals surface area contributed by atoms with Crippen LogP contribution in [0.3, 0.4) is 0 Å². The Labute approximate surface area is 98.5 Å². The number of nitrogens with one attached hydrogen (secondary N) is 2. The second kappa shape index (κ2) is 6.21. The predicted octanol–water partition coefficient (Wildman–Crippen LogP) is 4.55. The van der Waals surface area contributed by atoms with Crippen molar-refractivity contribution in [3.63, 3.8) is 0 Å². The Balaban J connectivity index is 2.78. The van der Waals surface area contributed by atoms with Crippen molar-refractivity contribution in [2.24, 2.45) is 0 Å². The van der Waals surface area contributed by atoms with Gasteiger partial charge in [-0.1, -0.05) is 32.9 Å². The summed E-state index contributed by atoms with van der Waals surface area (Å²) in [5.41, 5.74) is 3.60. The predicted molar refractivity (Wildman–Crippen MR) is 72.4 cm³/mol. The van der Waals surface area contributed by atoms with Crippen molar-refractivity contribution < 1.29 is 0 Å². The van der Waals surface area contributed by atoms with E-state index in [1.165, 1.54) is 11.1 Å². The molecule has 2 heteroatoms. The summed E-state index contributed by atoms with van der Waals surface area (Å²) in [7, 11) is 0. The van der Waals surface area contributed by atoms with Gasteiger partial charge in [0.1, 0.15) is 5.82 Å². The first-order valence-corrected chi connectivity index (χ1v) is 5.98. The molecule has 2 nitrogen and oxygen atoms in total. The van der Waals surface area contributed by atoms with Gasteiger partial charge in [0.05, 0.1) is 0 Å². The zero-order valence-corrected chi connectivity index (χ0v) is 10.6. The van der Waals surface area contributed by atoms with Gasteiger partial charge in [-0.15, -0.1) is 0 Å². The van der Waals surface area contributed by atoms with Gasteiger partial charge in [-0.2, -0.15) is 0 Å². The van der Waals surface area contributed by atoms with Crippen LogP contribution in [0, 0.1) is 0 Å². The molecular weight excluding hydrogens is 196 g/mol. The van der Waals surface area contributed by atoms with Crippen molar-refractivity contribution >= 4 is 11.4 Å². The fourth-order valence-electron chi connectivity index (χ4n) is 1.76. The Morgan fingerprint density at radius 2 is 2.25 bits per heavy atom. The average molecular weight is 218 g/mol. The largest absolute Gasteiger partial charge is 0.348 e. The highest BCUT2D eigenvalue weighted by Crippen LogP contribution is 2.24. The van der Waals surface area contributed by atoms with Crippen molar-refractivity contribution in [1.29, 1.82) is 0 Å². The summed E-state index contributed by atoms with van der Waals surface area (Å²) in [5.74, 6) is 1.06. The highest BCUT2D eigenvalue weighted by Gasteiger charge is 2.05. The molecule has 0 aliphatic heterocycles. The molecule has 0 atom stereocenters. The van der Waals surface area contributed by atoms with Gasteiger partial charge in [-0.05, 0) is 31.4 Å². The van der Waals surface area contributed by atoms with Crippen molar-refractivity contribution in [2.45, 2.75) is 40.0 Å². The first kappa shape index (κ1) is 12.6. The molecule has 0 saturated heterocycles. The van der Waals surface area contributed by atoms with Crippen LogP contribution < -0.4 is 5.32 Å². The van der Waals surface area contributed by atoms with E-state index < -0.39 is 0 Å². The molecule has 1 aromatic heterocycles. The van der Waals surface area contributed by atoms with Crippen molar-refractivity contribution in [1.82, 2.24) is 4.98 Å². The van der Waals surface area contributed by atoms with Crippen LogP contribution in [0.15, 0.2) is 30.6 Å². The Hall–Kier alpha value is -1.44. The minimum Gasteiger partial charge on any atom is -0.348 e. The molecule has 1 aromatic rings. The molecule has 0 saturated carbocycles. The molecule has 1 heterocycles. The lowest BCUT2D eigenvalue weighted by Gasteiger charge is -2.09. The Bertz CT molecular complexity index is 372. The maximum Gasteiger partial charge on any atom is 0.115 e. The van der Waals surface area contributed by atoms with Gasteiger partial charge in [0.25, 0.3) is 0 Å². The van der Waals surface area contributed by atoms with E-state index in [0.717, 1.165) is 30.8 Å². The van der Waals surface area contributed by atoms with Gasteiger partial charge in [-0.3, -0.25) is 0 Å². The molecule has 0 amide bonds. The fourth-order valence-corrected chi connectivity index (χ4v) is 1.76. The summed E-state index contributed by atoms with van der Waals surface area (Å²) >= 11 is 0. The Morgan fingerprint density at radius 1 is 1.50 bits per heavy atom. The Morgan fingerprint density at radius 3 is 2.88 bits per heavy atom. The zero-order valence-electron chi connectivity index (χ0n) is 10.6. The van der Waals surface area contributed by atoms with Crippen molar-refractivity contribution in [3.8, 4) is 0 Å². The molecule has 1 rings (SSSR count). The van der Waals surface area contributed by atoms with Crippen LogP contribution >= 0.6 is 0 Å². The fraction of sp³-hybridized carbons (Fsp3) is 0.429. The standard InChI is InChI=1S/C14H22N2/c1-5-7-11(3)13-9-10-15-14(13)16-12(4)8-6-2/h7,9-10,15-16H,4-6,8H2,1-3H3/b11-7+. The zero-order chi connectivity index (χ0) is 12.0. The lowest BCUT2D eigenvalue weighted by Crippen LogP contribution is -1.99. The molecule has 16 heavy (non-hydrogen) atoms. The molecule has 2 N–H and O–H groups in total. The third-order valence-corrected chi connectivity index (χ3v) is 2.54. The lowest BCUT2D eigenvalue weighted by molar-refractivity contribution is 0.911. The number of hydrogen-bond acceptors (Lipinski definition) is 1. The average Bonchev–Trinajstić information content (AvgIpc) is 2.66. The third kappa shape index (κ3) is 3.30. The first-order chi connectivity index (χ1) is 7.69. The van der Waals surface area contributed by atoms with E-state index in [9.17, 15) is 0 Å². The van der Waals surface area contributed by atoms with Gasteiger partial charge < -0.3 is 10.3 Å². The minimum absolute atomic E-state index is 1.01. The van der Waals surface area contributed by atoms with Crippen molar-refractivity contribution in [3.05, 3.63) is 36.2 Å².